The molecule has 0 saturated heterocycles. The second-order valence-corrected chi connectivity index (χ2v) is 11.6. The van der Waals surface area contributed by atoms with Crippen molar-refractivity contribution in [2.75, 3.05) is 46.2 Å². The van der Waals surface area contributed by atoms with E-state index < -0.39 is 10.0 Å². The molecule has 0 radical (unpaired) electrons. The molecule has 0 fully saturated rings. The lowest BCUT2D eigenvalue weighted by Gasteiger charge is -2.21. The Bertz CT molecular complexity index is 1180. The number of thiazole rings is 1. The van der Waals surface area contributed by atoms with E-state index in [-0.39, 0.29) is 10.8 Å². The molecule has 3 aromatic rings. The lowest BCUT2D eigenvalue weighted by molar-refractivity contribution is 0.0986. The van der Waals surface area contributed by atoms with Gasteiger partial charge in [-0.3, -0.25) is 9.69 Å². The zero-order valence-electron chi connectivity index (χ0n) is 17.9. The summed E-state index contributed by atoms with van der Waals surface area (Å²) in [5.41, 5.74) is 1.25. The van der Waals surface area contributed by atoms with Crippen LogP contribution in [0.1, 0.15) is 16.8 Å². The van der Waals surface area contributed by atoms with Crippen LogP contribution in [0.5, 0.6) is 0 Å². The number of carbonyl (C=O) groups excluding carboxylic acids is 1. The predicted octanol–water partition coefficient (Wildman–Crippen LogP) is 3.91. The summed E-state index contributed by atoms with van der Waals surface area (Å²) in [6.07, 6.45) is 0.783. The monoisotopic (exact) mass is 524 g/mol. The van der Waals surface area contributed by atoms with E-state index in [1.807, 2.05) is 32.3 Å². The first-order chi connectivity index (χ1) is 14.6. The van der Waals surface area contributed by atoms with E-state index in [2.05, 4.69) is 25.8 Å². The van der Waals surface area contributed by atoms with Crippen LogP contribution in [0.4, 0.5) is 5.13 Å². The van der Waals surface area contributed by atoms with Gasteiger partial charge >= 0.3 is 0 Å². The van der Waals surface area contributed by atoms with Gasteiger partial charge in [-0.1, -0.05) is 27.3 Å². The Morgan fingerprint density at radius 2 is 1.71 bits per heavy atom. The first-order valence-corrected chi connectivity index (χ1v) is 12.7. The van der Waals surface area contributed by atoms with Crippen LogP contribution in [0.2, 0.25) is 0 Å². The maximum atomic E-state index is 13.4. The zero-order valence-corrected chi connectivity index (χ0v) is 21.1. The number of sulfonamides is 1. The number of hydrogen-bond donors (Lipinski definition) is 0. The number of benzene rings is 2. The Morgan fingerprint density at radius 1 is 1.03 bits per heavy atom. The molecule has 0 spiro atoms. The van der Waals surface area contributed by atoms with Gasteiger partial charge < -0.3 is 4.90 Å². The summed E-state index contributed by atoms with van der Waals surface area (Å²) < 4.78 is 27.7. The number of amides is 1. The van der Waals surface area contributed by atoms with Crippen LogP contribution in [-0.2, 0) is 10.0 Å². The van der Waals surface area contributed by atoms with Crippen LogP contribution < -0.4 is 4.90 Å². The molecule has 1 aromatic heterocycles. The lowest BCUT2D eigenvalue weighted by Crippen LogP contribution is -2.33. The minimum atomic E-state index is -3.55. The summed E-state index contributed by atoms with van der Waals surface area (Å²) in [6, 6.07) is 11.9. The summed E-state index contributed by atoms with van der Waals surface area (Å²) in [4.78, 5) is 21.9. The van der Waals surface area contributed by atoms with Crippen molar-refractivity contribution >= 4 is 58.5 Å². The molecule has 166 valence electrons. The van der Waals surface area contributed by atoms with Crippen LogP contribution in [0.15, 0.2) is 51.8 Å². The maximum absolute atomic E-state index is 13.4. The largest absolute Gasteiger partial charge is 0.309 e. The van der Waals surface area contributed by atoms with Gasteiger partial charge in [0.2, 0.25) is 10.0 Å². The van der Waals surface area contributed by atoms with Gasteiger partial charge in [0.25, 0.3) is 5.91 Å². The van der Waals surface area contributed by atoms with Crippen molar-refractivity contribution < 1.29 is 13.2 Å². The van der Waals surface area contributed by atoms with Crippen molar-refractivity contribution in [2.24, 2.45) is 0 Å². The first-order valence-electron chi connectivity index (χ1n) is 9.65. The number of halogens is 1. The van der Waals surface area contributed by atoms with E-state index in [0.29, 0.717) is 17.2 Å². The Kier molecular flexibility index (Phi) is 7.48. The number of rotatable bonds is 8. The topological polar surface area (TPSA) is 73.8 Å². The quantitative estimate of drug-likeness (QED) is 0.446. The fraction of sp³-hybridized carbons (Fsp3) is 0.333. The molecule has 3 rings (SSSR count). The molecule has 2 aromatic carbocycles. The van der Waals surface area contributed by atoms with Crippen molar-refractivity contribution in [1.82, 2.24) is 14.2 Å². The van der Waals surface area contributed by atoms with Crippen molar-refractivity contribution in [3.8, 4) is 0 Å². The van der Waals surface area contributed by atoms with Crippen molar-refractivity contribution in [3.05, 3.63) is 52.5 Å². The smallest absolute Gasteiger partial charge is 0.260 e. The van der Waals surface area contributed by atoms with Crippen LogP contribution in [-0.4, -0.2) is 69.8 Å². The van der Waals surface area contributed by atoms with Crippen molar-refractivity contribution in [1.29, 1.82) is 0 Å². The normalized spacial score (nSPS) is 12.1. The van der Waals surface area contributed by atoms with Gasteiger partial charge in [-0.2, -0.15) is 0 Å². The van der Waals surface area contributed by atoms with Gasteiger partial charge in [-0.05, 0) is 69.5 Å². The Labute approximate surface area is 195 Å². The van der Waals surface area contributed by atoms with Gasteiger partial charge in [0, 0.05) is 30.7 Å². The molecule has 1 heterocycles. The van der Waals surface area contributed by atoms with Gasteiger partial charge in [-0.25, -0.2) is 17.7 Å². The van der Waals surface area contributed by atoms with Crippen LogP contribution >= 0.6 is 27.3 Å². The Morgan fingerprint density at radius 3 is 2.32 bits per heavy atom. The molecule has 7 nitrogen and oxygen atoms in total. The molecule has 0 N–H and O–H groups in total. The number of hydrogen-bond acceptors (Lipinski definition) is 6. The van der Waals surface area contributed by atoms with Gasteiger partial charge in [-0.15, -0.1) is 0 Å². The van der Waals surface area contributed by atoms with Crippen LogP contribution in [0.3, 0.4) is 0 Å². The van der Waals surface area contributed by atoms with Crippen molar-refractivity contribution in [3.63, 3.8) is 0 Å². The highest BCUT2D eigenvalue weighted by Gasteiger charge is 2.23. The number of fused-ring (bicyclic) bond motifs is 1. The molecule has 31 heavy (non-hydrogen) atoms. The number of aromatic nitrogens is 1. The van der Waals surface area contributed by atoms with E-state index in [1.165, 1.54) is 37.6 Å². The fourth-order valence-corrected chi connectivity index (χ4v) is 5.41. The molecule has 0 aliphatic rings. The van der Waals surface area contributed by atoms with Gasteiger partial charge in [0.15, 0.2) is 5.13 Å². The van der Waals surface area contributed by atoms with Gasteiger partial charge in [0.05, 0.1) is 15.1 Å². The number of nitrogens with zero attached hydrogens (tertiary/aromatic N) is 4. The highest BCUT2D eigenvalue weighted by molar-refractivity contribution is 9.10. The van der Waals surface area contributed by atoms with E-state index in [0.717, 1.165) is 32.0 Å². The standard InChI is InChI=1S/C21H25BrN4O3S2/c1-24(2)12-5-13-26(21-23-18-11-8-16(22)14-19(18)30-21)20(27)15-6-9-17(10-7-15)31(28,29)25(3)4/h6-11,14H,5,12-13H2,1-4H3. The van der Waals surface area contributed by atoms with Crippen molar-refractivity contribution in [2.45, 2.75) is 11.3 Å². The van der Waals surface area contributed by atoms with E-state index in [9.17, 15) is 13.2 Å². The molecule has 0 unspecified atom stereocenters. The molecule has 0 aliphatic carbocycles. The third-order valence-electron chi connectivity index (χ3n) is 4.68. The molecule has 0 bridgehead atoms. The van der Waals surface area contributed by atoms with E-state index in [1.54, 1.807) is 17.0 Å². The number of carbonyl (C=O) groups is 1. The SMILES string of the molecule is CN(C)CCCN(C(=O)c1ccc(S(=O)(=O)N(C)C)cc1)c1nc2ccc(Br)cc2s1. The maximum Gasteiger partial charge on any atom is 0.260 e. The molecular formula is C21H25BrN4O3S2. The highest BCUT2D eigenvalue weighted by Crippen LogP contribution is 2.32. The third kappa shape index (κ3) is 5.50. The lowest BCUT2D eigenvalue weighted by atomic mass is 10.2. The first kappa shape index (κ1) is 23.8. The highest BCUT2D eigenvalue weighted by atomic mass is 79.9. The third-order valence-corrected chi connectivity index (χ3v) is 8.05. The summed E-state index contributed by atoms with van der Waals surface area (Å²) in [7, 11) is 3.39. The summed E-state index contributed by atoms with van der Waals surface area (Å²) in [6.45, 7) is 1.34. The predicted molar refractivity (Wildman–Crippen MR) is 129 cm³/mol. The van der Waals surface area contributed by atoms with Gasteiger partial charge in [0.1, 0.15) is 0 Å². The zero-order chi connectivity index (χ0) is 22.8. The molecule has 10 heteroatoms. The second kappa shape index (κ2) is 9.74. The molecule has 0 atom stereocenters. The molecule has 0 aliphatic heterocycles. The van der Waals surface area contributed by atoms with E-state index in [4.69, 9.17) is 0 Å². The Balaban J connectivity index is 1.93. The average molecular weight is 525 g/mol. The number of anilines is 1. The second-order valence-electron chi connectivity index (χ2n) is 7.53. The summed E-state index contributed by atoms with van der Waals surface area (Å²) in [5.74, 6) is -0.203. The minimum absolute atomic E-state index is 0.151. The Hall–Kier alpha value is -1.85. The molecular weight excluding hydrogens is 500 g/mol. The summed E-state index contributed by atoms with van der Waals surface area (Å²) >= 11 is 4.94. The molecule has 0 saturated carbocycles. The fourth-order valence-electron chi connectivity index (χ4n) is 2.97. The summed E-state index contributed by atoms with van der Waals surface area (Å²) in [5, 5.41) is 0.627. The van der Waals surface area contributed by atoms with Crippen LogP contribution in [0, 0.1) is 0 Å². The average Bonchev–Trinajstić information content (AvgIpc) is 3.13. The van der Waals surface area contributed by atoms with E-state index >= 15 is 0 Å². The minimum Gasteiger partial charge on any atom is -0.309 e. The molecule has 1 amide bonds. The van der Waals surface area contributed by atoms with Crippen LogP contribution in [0.25, 0.3) is 10.2 Å².